The minimum atomic E-state index is -0.718. The van der Waals surface area contributed by atoms with Crippen LogP contribution in [0, 0.1) is 0 Å². The summed E-state index contributed by atoms with van der Waals surface area (Å²) in [6.45, 7) is 24.7. The molecule has 0 N–H and O–H groups in total. The molecule has 0 amide bonds. The molecule has 0 saturated carbocycles. The molecule has 1 aliphatic heterocycles. The fourth-order valence-electron chi connectivity index (χ4n) is 4.48. The highest BCUT2D eigenvalue weighted by Gasteiger charge is 2.34. The first kappa shape index (κ1) is 37.8. The molecule has 11 heteroatoms. The first-order valence-electron chi connectivity index (χ1n) is 15.1. The van der Waals surface area contributed by atoms with E-state index in [9.17, 15) is 19.2 Å². The summed E-state index contributed by atoms with van der Waals surface area (Å²) in [5.74, 6) is -1.49. The van der Waals surface area contributed by atoms with Crippen molar-refractivity contribution in [1.29, 1.82) is 0 Å². The predicted molar refractivity (Wildman–Crippen MR) is 161 cm³/mol. The SMILES string of the molecule is CC(C)OC(=O)CCC(C(=O)OC(C)(C)C)N1CCN(CC(=O)OC(C)(C)C)CCN(C(C)C(=O)OC(C)(C)C)CC1. The molecule has 0 bridgehead atoms. The van der Waals surface area contributed by atoms with E-state index in [2.05, 4.69) is 0 Å². The zero-order valence-corrected chi connectivity index (χ0v) is 28.2. The van der Waals surface area contributed by atoms with Gasteiger partial charge in [-0.1, -0.05) is 0 Å². The molecule has 0 aliphatic carbocycles. The van der Waals surface area contributed by atoms with Gasteiger partial charge in [0.25, 0.3) is 0 Å². The summed E-state index contributed by atoms with van der Waals surface area (Å²) >= 11 is 0. The molecule has 0 aromatic heterocycles. The fourth-order valence-corrected chi connectivity index (χ4v) is 4.48. The summed E-state index contributed by atoms with van der Waals surface area (Å²) in [4.78, 5) is 57.6. The summed E-state index contributed by atoms with van der Waals surface area (Å²) in [6, 6.07) is -1.27. The van der Waals surface area contributed by atoms with Crippen LogP contribution in [0.15, 0.2) is 0 Å². The van der Waals surface area contributed by atoms with Crippen LogP contribution in [0.4, 0.5) is 0 Å². The predicted octanol–water partition coefficient (Wildman–Crippen LogP) is 3.42. The lowest BCUT2D eigenvalue weighted by molar-refractivity contribution is -0.164. The van der Waals surface area contributed by atoms with Gasteiger partial charge in [-0.3, -0.25) is 33.9 Å². The Bertz CT molecular complexity index is 901. The van der Waals surface area contributed by atoms with Crippen LogP contribution in [-0.2, 0) is 38.1 Å². The van der Waals surface area contributed by atoms with E-state index in [0.717, 1.165) is 0 Å². The lowest BCUT2D eigenvalue weighted by Crippen LogP contribution is -2.50. The van der Waals surface area contributed by atoms with Crippen molar-refractivity contribution in [3.05, 3.63) is 0 Å². The lowest BCUT2D eigenvalue weighted by atomic mass is 10.1. The number of hydrogen-bond acceptors (Lipinski definition) is 11. The molecular formula is C31H57N3O8. The standard InChI is InChI=1S/C31H57N3O8/c1-22(2)39-25(35)14-13-24(28(38)42-31(10,11)12)34-18-16-32(21-26(36)40-29(4,5)6)15-17-33(19-20-34)23(3)27(37)41-30(7,8)9/h22-24H,13-21H2,1-12H3. The molecule has 1 rings (SSSR count). The van der Waals surface area contributed by atoms with E-state index < -0.39 is 34.9 Å². The van der Waals surface area contributed by atoms with E-state index >= 15 is 0 Å². The van der Waals surface area contributed by atoms with E-state index in [4.69, 9.17) is 18.9 Å². The van der Waals surface area contributed by atoms with Gasteiger partial charge >= 0.3 is 23.9 Å². The maximum Gasteiger partial charge on any atom is 0.323 e. The summed E-state index contributed by atoms with van der Waals surface area (Å²) in [7, 11) is 0. The largest absolute Gasteiger partial charge is 0.463 e. The highest BCUT2D eigenvalue weighted by Crippen LogP contribution is 2.19. The topological polar surface area (TPSA) is 115 Å². The van der Waals surface area contributed by atoms with Gasteiger partial charge in [-0.25, -0.2) is 0 Å². The Morgan fingerprint density at radius 3 is 1.57 bits per heavy atom. The van der Waals surface area contributed by atoms with Crippen LogP contribution >= 0.6 is 0 Å². The van der Waals surface area contributed by atoms with Crippen molar-refractivity contribution in [3.8, 4) is 0 Å². The molecule has 0 aromatic rings. The number of ether oxygens (including phenoxy) is 4. The van der Waals surface area contributed by atoms with Gasteiger partial charge in [-0.2, -0.15) is 0 Å². The van der Waals surface area contributed by atoms with Crippen LogP contribution in [-0.4, -0.2) is 119 Å². The van der Waals surface area contributed by atoms with E-state index in [1.165, 1.54) is 0 Å². The lowest BCUT2D eigenvalue weighted by Gasteiger charge is -2.34. The minimum Gasteiger partial charge on any atom is -0.463 e. The van der Waals surface area contributed by atoms with Crippen molar-refractivity contribution in [3.63, 3.8) is 0 Å². The van der Waals surface area contributed by atoms with Gasteiger partial charge in [0, 0.05) is 45.7 Å². The molecule has 0 aromatic carbocycles. The summed E-state index contributed by atoms with van der Waals surface area (Å²) < 4.78 is 22.3. The van der Waals surface area contributed by atoms with E-state index in [-0.39, 0.29) is 43.4 Å². The second kappa shape index (κ2) is 16.0. The molecular weight excluding hydrogens is 542 g/mol. The van der Waals surface area contributed by atoms with Crippen LogP contribution < -0.4 is 0 Å². The first-order valence-corrected chi connectivity index (χ1v) is 15.1. The van der Waals surface area contributed by atoms with Gasteiger partial charge < -0.3 is 18.9 Å². The molecule has 1 heterocycles. The fraction of sp³-hybridized carbons (Fsp3) is 0.871. The molecule has 1 fully saturated rings. The molecule has 1 aliphatic rings. The van der Waals surface area contributed by atoms with Crippen molar-refractivity contribution in [1.82, 2.24) is 14.7 Å². The Kier molecular flexibility index (Phi) is 14.4. The van der Waals surface area contributed by atoms with Gasteiger partial charge in [-0.15, -0.1) is 0 Å². The molecule has 0 spiro atoms. The Morgan fingerprint density at radius 1 is 0.619 bits per heavy atom. The van der Waals surface area contributed by atoms with Crippen molar-refractivity contribution >= 4 is 23.9 Å². The van der Waals surface area contributed by atoms with Gasteiger partial charge in [0.05, 0.1) is 12.6 Å². The molecule has 2 atom stereocenters. The van der Waals surface area contributed by atoms with Crippen molar-refractivity contribution < 1.29 is 38.1 Å². The second-order valence-corrected chi connectivity index (χ2v) is 14.3. The molecule has 2 unspecified atom stereocenters. The highest BCUT2D eigenvalue weighted by atomic mass is 16.6. The number of carbonyl (C=O) groups excluding carboxylic acids is 4. The van der Waals surface area contributed by atoms with E-state index in [0.29, 0.717) is 39.3 Å². The van der Waals surface area contributed by atoms with Gasteiger partial charge in [0.15, 0.2) is 0 Å². The number of rotatable bonds is 10. The molecule has 11 nitrogen and oxygen atoms in total. The van der Waals surface area contributed by atoms with Gasteiger partial charge in [-0.05, 0) is 89.5 Å². The van der Waals surface area contributed by atoms with Crippen LogP contribution in [0.5, 0.6) is 0 Å². The summed E-state index contributed by atoms with van der Waals surface area (Å²) in [5, 5.41) is 0. The average Bonchev–Trinajstić information content (AvgIpc) is 2.86. The zero-order chi connectivity index (χ0) is 32.5. The van der Waals surface area contributed by atoms with Crippen molar-refractivity contribution in [2.45, 2.75) is 131 Å². The Balaban J connectivity index is 3.31. The van der Waals surface area contributed by atoms with Crippen molar-refractivity contribution in [2.24, 2.45) is 0 Å². The summed E-state index contributed by atoms with van der Waals surface area (Å²) in [5.41, 5.74) is -1.97. The monoisotopic (exact) mass is 599 g/mol. The Hall–Kier alpha value is -2.24. The number of nitrogens with zero attached hydrogens (tertiary/aromatic N) is 3. The third-order valence-electron chi connectivity index (χ3n) is 6.26. The number of hydrogen-bond donors (Lipinski definition) is 0. The smallest absolute Gasteiger partial charge is 0.323 e. The van der Waals surface area contributed by atoms with Crippen LogP contribution in [0.1, 0.15) is 95.9 Å². The van der Waals surface area contributed by atoms with Crippen LogP contribution in [0.3, 0.4) is 0 Å². The average molecular weight is 600 g/mol. The van der Waals surface area contributed by atoms with Gasteiger partial charge in [0.2, 0.25) is 0 Å². The van der Waals surface area contributed by atoms with E-state index in [1.54, 1.807) is 34.6 Å². The molecule has 0 radical (unpaired) electrons. The first-order chi connectivity index (χ1) is 19.1. The normalized spacial score (nSPS) is 18.3. The maximum atomic E-state index is 13.5. The zero-order valence-electron chi connectivity index (χ0n) is 28.2. The van der Waals surface area contributed by atoms with Crippen LogP contribution in [0.2, 0.25) is 0 Å². The van der Waals surface area contributed by atoms with Crippen LogP contribution in [0.25, 0.3) is 0 Å². The quantitative estimate of drug-likeness (QED) is 0.272. The third-order valence-corrected chi connectivity index (χ3v) is 6.26. The third kappa shape index (κ3) is 15.8. The maximum absolute atomic E-state index is 13.5. The molecule has 42 heavy (non-hydrogen) atoms. The van der Waals surface area contributed by atoms with Gasteiger partial charge in [0.1, 0.15) is 28.9 Å². The second-order valence-electron chi connectivity index (χ2n) is 14.3. The van der Waals surface area contributed by atoms with Crippen molar-refractivity contribution in [2.75, 3.05) is 45.8 Å². The molecule has 244 valence electrons. The summed E-state index contributed by atoms with van der Waals surface area (Å²) in [6.07, 6.45) is 0.0128. The number of carbonyl (C=O) groups is 4. The molecule has 1 saturated heterocycles. The Morgan fingerprint density at radius 2 is 1.07 bits per heavy atom. The Labute approximate surface area is 253 Å². The highest BCUT2D eigenvalue weighted by molar-refractivity contribution is 5.78. The number of esters is 4. The van der Waals surface area contributed by atoms with E-state index in [1.807, 2.05) is 63.2 Å². The minimum absolute atomic E-state index is 0.0538.